The zero-order chi connectivity index (χ0) is 21.9. The summed E-state index contributed by atoms with van der Waals surface area (Å²) in [5.74, 6) is 0.807. The predicted octanol–water partition coefficient (Wildman–Crippen LogP) is 4.68. The van der Waals surface area contributed by atoms with Gasteiger partial charge in [-0.05, 0) is 73.3 Å². The van der Waals surface area contributed by atoms with Crippen LogP contribution in [0.1, 0.15) is 67.9 Å². The van der Waals surface area contributed by atoms with E-state index in [0.29, 0.717) is 6.32 Å². The van der Waals surface area contributed by atoms with Gasteiger partial charge in [-0.3, -0.25) is 0 Å². The summed E-state index contributed by atoms with van der Waals surface area (Å²) in [5.41, 5.74) is -0.631. The van der Waals surface area contributed by atoms with Crippen molar-refractivity contribution in [1.29, 1.82) is 0 Å². The average molecular weight is 402 g/mol. The summed E-state index contributed by atoms with van der Waals surface area (Å²) in [4.78, 5) is 0. The first kappa shape index (κ1) is 22.7. The third-order valence-electron chi connectivity index (χ3n) is 7.39. The number of para-hydroxylation sites is 1. The Hall–Kier alpha value is -1.01. The van der Waals surface area contributed by atoms with Crippen molar-refractivity contribution in [1.82, 2.24) is 0 Å². The van der Waals surface area contributed by atoms with Crippen molar-refractivity contribution in [3.8, 4) is 5.75 Å². The van der Waals surface area contributed by atoms with E-state index in [4.69, 9.17) is 23.4 Å². The van der Waals surface area contributed by atoms with Crippen LogP contribution in [0.3, 0.4) is 0 Å². The van der Waals surface area contributed by atoms with Crippen LogP contribution >= 0.6 is 0 Å². The Bertz CT molecular complexity index is 729. The molecule has 1 aromatic carbocycles. The van der Waals surface area contributed by atoms with Crippen LogP contribution in [0.2, 0.25) is 6.32 Å². The van der Waals surface area contributed by atoms with E-state index in [-0.39, 0.29) is 7.12 Å². The zero-order valence-corrected chi connectivity index (χ0v) is 19.7. The summed E-state index contributed by atoms with van der Waals surface area (Å²) in [7, 11) is 0.843. The zero-order valence-electron chi connectivity index (χ0n) is 19.7. The Morgan fingerprint density at radius 2 is 1.24 bits per heavy atom. The van der Waals surface area contributed by atoms with Crippen molar-refractivity contribution in [2.75, 3.05) is 7.11 Å². The molecule has 1 atom stereocenters. The topological polar surface area (TPSA) is 46.2 Å². The molecule has 29 heavy (non-hydrogen) atoms. The molecule has 0 amide bonds. The molecule has 1 aromatic rings. The van der Waals surface area contributed by atoms with Gasteiger partial charge < -0.3 is 23.4 Å². The molecule has 7 heteroatoms. The number of methoxy groups -OCH3 is 1. The fourth-order valence-corrected chi connectivity index (χ4v) is 3.95. The summed E-state index contributed by atoms with van der Waals surface area (Å²) < 4.78 is 31.4. The van der Waals surface area contributed by atoms with E-state index in [0.717, 1.165) is 11.3 Å². The Kier molecular flexibility index (Phi) is 5.48. The maximum atomic E-state index is 6.51. The van der Waals surface area contributed by atoms with Crippen LogP contribution in [0, 0.1) is 0 Å². The molecule has 2 heterocycles. The summed E-state index contributed by atoms with van der Waals surface area (Å²) in [6.07, 6.45) is 0.580. The van der Waals surface area contributed by atoms with Gasteiger partial charge in [0.05, 0.1) is 29.5 Å². The van der Waals surface area contributed by atoms with Gasteiger partial charge in [-0.15, -0.1) is 0 Å². The molecule has 0 saturated carbocycles. The first-order valence-electron chi connectivity index (χ1n) is 10.5. The third kappa shape index (κ3) is 3.76. The molecule has 3 rings (SSSR count). The standard InChI is InChI=1S/C22H36B2O5/c1-18(2)19(3,4)27-23(26-18)15-22(9,16-13-11-12-14-17(16)25-10)24-28-20(5,6)21(7,8)29-24/h11-14H,15H2,1-10H3/t22-/m1/s1. The maximum Gasteiger partial charge on any atom is 0.468 e. The lowest BCUT2D eigenvalue weighted by molar-refractivity contribution is 0.00578. The quantitative estimate of drug-likeness (QED) is 0.670. The molecule has 2 saturated heterocycles. The fourth-order valence-electron chi connectivity index (χ4n) is 3.95. The highest BCUT2D eigenvalue weighted by molar-refractivity contribution is 6.55. The highest BCUT2D eigenvalue weighted by Gasteiger charge is 2.62. The maximum absolute atomic E-state index is 6.51. The van der Waals surface area contributed by atoms with Gasteiger partial charge in [0.2, 0.25) is 0 Å². The number of rotatable bonds is 5. The van der Waals surface area contributed by atoms with Crippen LogP contribution < -0.4 is 4.74 Å². The highest BCUT2D eigenvalue weighted by atomic mass is 16.7. The molecule has 0 aliphatic carbocycles. The molecule has 2 fully saturated rings. The van der Waals surface area contributed by atoms with Gasteiger partial charge in [0.15, 0.2) is 0 Å². The van der Waals surface area contributed by atoms with Crippen LogP contribution in [-0.2, 0) is 23.9 Å². The van der Waals surface area contributed by atoms with Crippen LogP contribution in [0.25, 0.3) is 0 Å². The fraction of sp³-hybridized carbons (Fsp3) is 0.727. The molecule has 0 N–H and O–H groups in total. The molecular formula is C22H36B2O5. The summed E-state index contributed by atoms with van der Waals surface area (Å²) >= 11 is 0. The van der Waals surface area contributed by atoms with E-state index in [1.165, 1.54) is 0 Å². The van der Waals surface area contributed by atoms with Crippen molar-refractivity contribution >= 4 is 14.2 Å². The minimum atomic E-state index is -0.543. The van der Waals surface area contributed by atoms with E-state index >= 15 is 0 Å². The highest BCUT2D eigenvalue weighted by Crippen LogP contribution is 2.49. The minimum absolute atomic E-state index is 0.381. The first-order valence-corrected chi connectivity index (χ1v) is 10.5. The lowest BCUT2D eigenvalue weighted by Crippen LogP contribution is -2.47. The van der Waals surface area contributed by atoms with Crippen molar-refractivity contribution in [2.45, 2.75) is 96.4 Å². The van der Waals surface area contributed by atoms with Crippen molar-refractivity contribution in [3.63, 3.8) is 0 Å². The first-order chi connectivity index (χ1) is 13.2. The van der Waals surface area contributed by atoms with Crippen LogP contribution in [0.15, 0.2) is 24.3 Å². The Morgan fingerprint density at radius 3 is 1.72 bits per heavy atom. The third-order valence-corrected chi connectivity index (χ3v) is 7.39. The molecule has 2 aliphatic rings. The molecule has 0 radical (unpaired) electrons. The van der Waals surface area contributed by atoms with Gasteiger partial charge in [0.1, 0.15) is 5.75 Å². The molecular weight excluding hydrogens is 366 g/mol. The van der Waals surface area contributed by atoms with E-state index in [2.05, 4.69) is 68.4 Å². The van der Waals surface area contributed by atoms with E-state index in [1.807, 2.05) is 18.2 Å². The smallest absolute Gasteiger partial charge is 0.468 e. The molecule has 0 spiro atoms. The van der Waals surface area contributed by atoms with Gasteiger partial charge in [0, 0.05) is 5.31 Å². The Balaban J connectivity index is 2.02. The molecule has 2 aliphatic heterocycles. The summed E-state index contributed by atoms with van der Waals surface area (Å²) in [6.45, 7) is 18.7. The SMILES string of the molecule is COc1ccccc1[C@@](C)(CB1OC(C)(C)C(C)(C)O1)B1OC(C)(C)C(C)(C)O1. The average Bonchev–Trinajstić information content (AvgIpc) is 2.93. The second-order valence-corrected chi connectivity index (χ2v) is 10.6. The predicted molar refractivity (Wildman–Crippen MR) is 117 cm³/mol. The van der Waals surface area contributed by atoms with Gasteiger partial charge in [-0.2, -0.15) is 0 Å². The molecule has 5 nitrogen and oxygen atoms in total. The Morgan fingerprint density at radius 1 is 0.793 bits per heavy atom. The lowest BCUT2D eigenvalue weighted by atomic mass is 9.47. The van der Waals surface area contributed by atoms with E-state index in [9.17, 15) is 0 Å². The molecule has 0 unspecified atom stereocenters. The van der Waals surface area contributed by atoms with Crippen molar-refractivity contribution in [3.05, 3.63) is 29.8 Å². The monoisotopic (exact) mass is 402 g/mol. The number of ether oxygens (including phenoxy) is 1. The minimum Gasteiger partial charge on any atom is -0.496 e. The molecule has 0 bridgehead atoms. The lowest BCUT2D eigenvalue weighted by Gasteiger charge is -2.34. The number of benzene rings is 1. The van der Waals surface area contributed by atoms with Crippen LogP contribution in [0.4, 0.5) is 0 Å². The van der Waals surface area contributed by atoms with E-state index in [1.54, 1.807) is 7.11 Å². The van der Waals surface area contributed by atoms with Gasteiger partial charge in [0.25, 0.3) is 0 Å². The van der Waals surface area contributed by atoms with E-state index < -0.39 is 34.8 Å². The van der Waals surface area contributed by atoms with Gasteiger partial charge in [-0.25, -0.2) is 0 Å². The Labute approximate surface area is 177 Å². The van der Waals surface area contributed by atoms with Gasteiger partial charge >= 0.3 is 14.2 Å². The van der Waals surface area contributed by atoms with Gasteiger partial charge in [-0.1, -0.05) is 25.1 Å². The van der Waals surface area contributed by atoms with Crippen molar-refractivity contribution in [2.24, 2.45) is 0 Å². The normalized spacial score (nSPS) is 26.4. The van der Waals surface area contributed by atoms with Crippen LogP contribution in [-0.4, -0.2) is 43.8 Å². The second-order valence-electron chi connectivity index (χ2n) is 10.6. The number of hydrogen-bond acceptors (Lipinski definition) is 5. The van der Waals surface area contributed by atoms with Crippen LogP contribution in [0.5, 0.6) is 5.75 Å². The molecule has 160 valence electrons. The number of hydrogen-bond donors (Lipinski definition) is 0. The molecule has 0 aromatic heterocycles. The summed E-state index contributed by atoms with van der Waals surface area (Å²) in [6, 6.07) is 8.05. The largest absolute Gasteiger partial charge is 0.496 e. The van der Waals surface area contributed by atoms with Crippen molar-refractivity contribution < 1.29 is 23.4 Å². The summed E-state index contributed by atoms with van der Waals surface area (Å²) in [5, 5.41) is -0.543. The second kappa shape index (κ2) is 7.01.